The van der Waals surface area contributed by atoms with Crippen LogP contribution >= 0.6 is 0 Å². The molecule has 2 aliphatic carbocycles. The first kappa shape index (κ1) is 21.6. The van der Waals surface area contributed by atoms with Gasteiger partial charge in [-0.2, -0.15) is 0 Å². The summed E-state index contributed by atoms with van der Waals surface area (Å²) in [5.41, 5.74) is 5.56. The van der Waals surface area contributed by atoms with E-state index in [2.05, 4.69) is 9.89 Å². The molecule has 0 aromatic carbocycles. The highest BCUT2D eigenvalue weighted by Gasteiger charge is 2.52. The summed E-state index contributed by atoms with van der Waals surface area (Å²) in [6.45, 7) is 1.65. The van der Waals surface area contributed by atoms with Gasteiger partial charge >= 0.3 is 11.9 Å². The van der Waals surface area contributed by atoms with E-state index in [-0.39, 0.29) is 5.91 Å². The van der Waals surface area contributed by atoms with Crippen LogP contribution in [0, 0.1) is 17.8 Å². The molecule has 4 rings (SSSR count). The monoisotopic (exact) mass is 417 g/mol. The molecule has 2 amide bonds. The maximum Gasteiger partial charge on any atom is 0.351 e. The first-order chi connectivity index (χ1) is 14.5. The van der Waals surface area contributed by atoms with Gasteiger partial charge in [-0.05, 0) is 56.3 Å². The second-order valence-corrected chi connectivity index (χ2v) is 10.6. The smallest absolute Gasteiger partial charge is 0.342 e. The number of likely N-dealkylation sites (tertiary alicyclic amines) is 1. The van der Waals surface area contributed by atoms with E-state index in [4.69, 9.17) is 5.73 Å². The van der Waals surface area contributed by atoms with Crippen molar-refractivity contribution in [1.82, 2.24) is 9.80 Å². The molecule has 2 saturated carbocycles. The summed E-state index contributed by atoms with van der Waals surface area (Å²) in [5.74, 6) is 2.64. The maximum atomic E-state index is 13.2. The molecule has 2 aliphatic heterocycles. The third-order valence-electron chi connectivity index (χ3n) is 8.36. The second-order valence-electron chi connectivity index (χ2n) is 10.6. The Labute approximate surface area is 181 Å². The van der Waals surface area contributed by atoms with Crippen LogP contribution in [-0.4, -0.2) is 53.2 Å². The molecule has 1 saturated heterocycles. The fourth-order valence-electron chi connectivity index (χ4n) is 6.46. The molecular formula is C24H41N4O2+. The minimum absolute atomic E-state index is 0.117. The highest BCUT2D eigenvalue weighted by molar-refractivity contribution is 6.01. The zero-order valence-electron chi connectivity index (χ0n) is 18.8. The maximum absolute atomic E-state index is 13.2. The van der Waals surface area contributed by atoms with E-state index >= 15 is 0 Å². The van der Waals surface area contributed by atoms with Gasteiger partial charge in [-0.25, -0.2) is 4.90 Å². The van der Waals surface area contributed by atoms with Crippen molar-refractivity contribution in [2.24, 2.45) is 23.5 Å². The van der Waals surface area contributed by atoms with E-state index in [1.54, 1.807) is 11.9 Å². The van der Waals surface area contributed by atoms with Crippen LogP contribution in [0.4, 0.5) is 0 Å². The summed E-state index contributed by atoms with van der Waals surface area (Å²) < 4.78 is 0. The van der Waals surface area contributed by atoms with Gasteiger partial charge in [0.1, 0.15) is 0 Å². The Morgan fingerprint density at radius 2 is 1.70 bits per heavy atom. The van der Waals surface area contributed by atoms with Crippen LogP contribution in [0.2, 0.25) is 0 Å². The van der Waals surface area contributed by atoms with Crippen molar-refractivity contribution in [3.8, 4) is 0 Å². The van der Waals surface area contributed by atoms with Gasteiger partial charge in [-0.3, -0.25) is 20.3 Å². The summed E-state index contributed by atoms with van der Waals surface area (Å²) in [6, 6.07) is 0. The van der Waals surface area contributed by atoms with E-state index in [9.17, 15) is 9.59 Å². The van der Waals surface area contributed by atoms with Gasteiger partial charge in [0, 0.05) is 19.5 Å². The number of carbonyl (C=O) groups excluding carboxylic acids is 2. The van der Waals surface area contributed by atoms with Crippen LogP contribution < -0.4 is 10.7 Å². The number of nitrogens with two attached hydrogens (primary N) is 1. The number of nitrogens with zero attached hydrogens (tertiary/aromatic N) is 2. The highest BCUT2D eigenvalue weighted by Crippen LogP contribution is 2.34. The van der Waals surface area contributed by atoms with Crippen LogP contribution in [0.3, 0.4) is 0 Å². The lowest BCUT2D eigenvalue weighted by molar-refractivity contribution is -0.534. The van der Waals surface area contributed by atoms with E-state index in [1.165, 1.54) is 57.8 Å². The molecule has 4 aliphatic rings. The quantitative estimate of drug-likeness (QED) is 0.662. The molecule has 6 nitrogen and oxygen atoms in total. The van der Waals surface area contributed by atoms with Crippen LogP contribution in [0.25, 0.3) is 0 Å². The van der Waals surface area contributed by atoms with Crippen molar-refractivity contribution in [2.75, 3.05) is 20.1 Å². The molecule has 0 radical (unpaired) electrons. The van der Waals surface area contributed by atoms with Crippen molar-refractivity contribution in [3.05, 3.63) is 0 Å². The molecule has 2 heterocycles. The fourth-order valence-corrected chi connectivity index (χ4v) is 6.46. The van der Waals surface area contributed by atoms with Crippen molar-refractivity contribution in [2.45, 2.75) is 95.4 Å². The summed E-state index contributed by atoms with van der Waals surface area (Å²) in [7, 11) is 1.78. The molecule has 3 N–H and O–H groups in total. The molecule has 0 aromatic rings. The van der Waals surface area contributed by atoms with E-state index in [0.29, 0.717) is 23.7 Å². The number of amides is 2. The number of likely N-dealkylation sites (N-methyl/N-ethyl adjacent to an activating group) is 1. The van der Waals surface area contributed by atoms with Crippen LogP contribution in [0.5, 0.6) is 0 Å². The minimum Gasteiger partial charge on any atom is -0.342 e. The predicted octanol–water partition coefficient (Wildman–Crippen LogP) is 1.77. The molecule has 6 heteroatoms. The molecule has 0 bridgehead atoms. The number of nitrogens with one attached hydrogen (secondary N) is 1. The van der Waals surface area contributed by atoms with Gasteiger partial charge in [-0.1, -0.05) is 44.9 Å². The normalized spacial score (nSPS) is 31.0. The highest BCUT2D eigenvalue weighted by atomic mass is 16.2. The van der Waals surface area contributed by atoms with E-state index < -0.39 is 5.54 Å². The van der Waals surface area contributed by atoms with E-state index in [0.717, 1.165) is 51.1 Å². The Morgan fingerprint density at radius 1 is 1.03 bits per heavy atom. The zero-order valence-corrected chi connectivity index (χ0v) is 18.8. The average Bonchev–Trinajstić information content (AvgIpc) is 3.47. The lowest BCUT2D eigenvalue weighted by atomic mass is 9.78. The SMILES string of the molecule is CN1C(=O)[C@@](CCC2CCCCC2)(C[C@H]2CCN(C(=O)CC3CCCC3)C2)[NH+]=C1N. The van der Waals surface area contributed by atoms with E-state index in [1.807, 2.05) is 0 Å². The third-order valence-corrected chi connectivity index (χ3v) is 8.36. The van der Waals surface area contributed by atoms with Crippen molar-refractivity contribution < 1.29 is 14.6 Å². The van der Waals surface area contributed by atoms with Crippen LogP contribution in [0.1, 0.15) is 89.9 Å². The molecule has 0 spiro atoms. The first-order valence-corrected chi connectivity index (χ1v) is 12.4. The van der Waals surface area contributed by atoms with Crippen molar-refractivity contribution in [3.63, 3.8) is 0 Å². The predicted molar refractivity (Wildman–Crippen MR) is 117 cm³/mol. The first-order valence-electron chi connectivity index (χ1n) is 12.4. The lowest BCUT2D eigenvalue weighted by Crippen LogP contribution is -2.87. The molecule has 2 atom stereocenters. The molecule has 0 aromatic heterocycles. The second kappa shape index (κ2) is 9.27. The number of hydrogen-bond donors (Lipinski definition) is 2. The average molecular weight is 418 g/mol. The Bertz CT molecular complexity index is 666. The minimum atomic E-state index is -0.578. The van der Waals surface area contributed by atoms with Gasteiger partial charge in [0.25, 0.3) is 0 Å². The van der Waals surface area contributed by atoms with Crippen molar-refractivity contribution in [1.29, 1.82) is 0 Å². The summed E-state index contributed by atoms with van der Waals surface area (Å²) >= 11 is 0. The number of rotatable bonds is 7. The molecule has 3 fully saturated rings. The molecular weight excluding hydrogens is 376 g/mol. The number of guanidine groups is 1. The molecule has 30 heavy (non-hydrogen) atoms. The molecule has 0 unspecified atom stereocenters. The van der Waals surface area contributed by atoms with Crippen LogP contribution in [-0.2, 0) is 9.59 Å². The van der Waals surface area contributed by atoms with Crippen LogP contribution in [0.15, 0.2) is 0 Å². The molecule has 168 valence electrons. The summed E-state index contributed by atoms with van der Waals surface area (Å²) in [5, 5.41) is 0. The Kier molecular flexibility index (Phi) is 6.69. The standard InChI is InChI=1S/C24H40N4O2/c1-27-22(30)24(26-23(27)25,13-11-18-7-3-2-4-8-18)16-20-12-14-28(17-20)21(29)15-19-9-5-6-10-19/h18-20H,2-17H2,1H3,(H2,25,26)/p+1/t20-,24-/m1/s1. The lowest BCUT2D eigenvalue weighted by Gasteiger charge is -2.29. The summed E-state index contributed by atoms with van der Waals surface area (Å²) in [4.78, 5) is 33.1. The Balaban J connectivity index is 1.37. The Hall–Kier alpha value is -1.59. The Morgan fingerprint density at radius 3 is 2.37 bits per heavy atom. The number of carbonyl (C=O) groups is 2. The van der Waals surface area contributed by atoms with Gasteiger partial charge in [-0.15, -0.1) is 0 Å². The van der Waals surface area contributed by atoms with Gasteiger partial charge in [0.05, 0.1) is 7.05 Å². The summed E-state index contributed by atoms with van der Waals surface area (Å²) in [6.07, 6.45) is 16.1. The van der Waals surface area contributed by atoms with Gasteiger partial charge < -0.3 is 4.90 Å². The number of hydrogen-bond acceptors (Lipinski definition) is 3. The third kappa shape index (κ3) is 4.67. The topological polar surface area (TPSA) is 80.6 Å². The van der Waals surface area contributed by atoms with Gasteiger partial charge in [0.2, 0.25) is 5.91 Å². The largest absolute Gasteiger partial charge is 0.351 e. The zero-order chi connectivity index (χ0) is 21.1. The van der Waals surface area contributed by atoms with Crippen molar-refractivity contribution >= 4 is 17.8 Å². The fraction of sp³-hybridized carbons (Fsp3) is 0.875. The van der Waals surface area contributed by atoms with Gasteiger partial charge in [0.15, 0.2) is 5.54 Å².